The maximum Gasteiger partial charge on any atom is 0.302 e. The summed E-state index contributed by atoms with van der Waals surface area (Å²) < 4.78 is 1.68. The van der Waals surface area contributed by atoms with Gasteiger partial charge in [-0.2, -0.15) is 5.10 Å². The van der Waals surface area contributed by atoms with Gasteiger partial charge in [0.2, 0.25) is 0 Å². The quantitative estimate of drug-likeness (QED) is 0.460. The SMILES string of the molecule is Cc1ccn(-c2ccccc2CNc2c([N+](=O)[O-])cc(CO)c(C)c2[N+](=O)[O-])n1. The van der Waals surface area contributed by atoms with Crippen molar-refractivity contribution < 1.29 is 15.0 Å². The highest BCUT2D eigenvalue weighted by Gasteiger charge is 2.30. The molecule has 0 spiro atoms. The first-order valence-corrected chi connectivity index (χ1v) is 8.74. The van der Waals surface area contributed by atoms with Crippen LogP contribution in [-0.4, -0.2) is 24.7 Å². The predicted octanol–water partition coefficient (Wildman–Crippen LogP) is 3.41. The Morgan fingerprint density at radius 3 is 2.41 bits per heavy atom. The zero-order chi connectivity index (χ0) is 21.1. The summed E-state index contributed by atoms with van der Waals surface area (Å²) in [5.41, 5.74) is 1.58. The molecule has 1 heterocycles. The first-order valence-electron chi connectivity index (χ1n) is 8.74. The van der Waals surface area contributed by atoms with Crippen molar-refractivity contribution in [2.45, 2.75) is 27.0 Å². The van der Waals surface area contributed by atoms with E-state index >= 15 is 0 Å². The van der Waals surface area contributed by atoms with E-state index in [0.717, 1.165) is 23.0 Å². The number of nitro benzene ring substituents is 2. The van der Waals surface area contributed by atoms with Gasteiger partial charge in [0.05, 0.1) is 27.8 Å². The van der Waals surface area contributed by atoms with Gasteiger partial charge >= 0.3 is 5.69 Å². The van der Waals surface area contributed by atoms with Gasteiger partial charge in [-0.15, -0.1) is 0 Å². The second-order valence-corrected chi connectivity index (χ2v) is 6.46. The number of aromatic nitrogens is 2. The van der Waals surface area contributed by atoms with Crippen LogP contribution in [0.1, 0.15) is 22.4 Å². The number of para-hydroxylation sites is 1. The molecule has 0 saturated heterocycles. The molecule has 29 heavy (non-hydrogen) atoms. The molecule has 10 nitrogen and oxygen atoms in total. The molecule has 0 unspecified atom stereocenters. The van der Waals surface area contributed by atoms with Crippen molar-refractivity contribution in [1.82, 2.24) is 9.78 Å². The lowest BCUT2D eigenvalue weighted by atomic mass is 10.0. The Hall–Kier alpha value is -3.79. The Morgan fingerprint density at radius 1 is 1.10 bits per heavy atom. The van der Waals surface area contributed by atoms with Crippen molar-refractivity contribution in [2.24, 2.45) is 0 Å². The van der Waals surface area contributed by atoms with Gasteiger partial charge < -0.3 is 10.4 Å². The third-order valence-electron chi connectivity index (χ3n) is 4.61. The molecule has 0 radical (unpaired) electrons. The molecule has 3 rings (SSSR count). The summed E-state index contributed by atoms with van der Waals surface area (Å²) in [6, 6.07) is 10.3. The summed E-state index contributed by atoms with van der Waals surface area (Å²) in [5, 5.41) is 39.8. The molecule has 2 N–H and O–H groups in total. The summed E-state index contributed by atoms with van der Waals surface area (Å²) >= 11 is 0. The van der Waals surface area contributed by atoms with Crippen LogP contribution >= 0.6 is 0 Å². The van der Waals surface area contributed by atoms with Gasteiger partial charge in [0.25, 0.3) is 5.69 Å². The van der Waals surface area contributed by atoms with Crippen molar-refractivity contribution in [1.29, 1.82) is 0 Å². The molecule has 0 aliphatic rings. The molecule has 0 atom stereocenters. The van der Waals surface area contributed by atoms with Gasteiger partial charge in [-0.1, -0.05) is 18.2 Å². The molecular weight excluding hydrogens is 378 g/mol. The summed E-state index contributed by atoms with van der Waals surface area (Å²) in [5.74, 6) is 0. The minimum absolute atomic E-state index is 0.106. The molecule has 0 aliphatic heterocycles. The van der Waals surface area contributed by atoms with E-state index in [1.54, 1.807) is 16.9 Å². The smallest absolute Gasteiger partial charge is 0.302 e. The molecule has 1 aromatic heterocycles. The molecule has 0 aliphatic carbocycles. The summed E-state index contributed by atoms with van der Waals surface area (Å²) in [7, 11) is 0. The van der Waals surface area contributed by atoms with Gasteiger partial charge in [-0.05, 0) is 37.1 Å². The first-order chi connectivity index (χ1) is 13.8. The van der Waals surface area contributed by atoms with E-state index in [1.807, 2.05) is 31.2 Å². The van der Waals surface area contributed by atoms with E-state index in [0.29, 0.717) is 0 Å². The number of rotatable bonds is 7. The highest BCUT2D eigenvalue weighted by molar-refractivity contribution is 5.78. The number of nitrogens with zero attached hydrogens (tertiary/aromatic N) is 4. The van der Waals surface area contributed by atoms with Crippen LogP contribution in [0.15, 0.2) is 42.6 Å². The molecule has 3 aromatic rings. The summed E-state index contributed by atoms with van der Waals surface area (Å²) in [6.45, 7) is 2.89. The number of benzene rings is 2. The van der Waals surface area contributed by atoms with Crippen LogP contribution < -0.4 is 5.32 Å². The molecular formula is C19H19N5O5. The Labute approximate surface area is 165 Å². The zero-order valence-corrected chi connectivity index (χ0v) is 15.8. The third kappa shape index (κ3) is 3.92. The molecule has 10 heteroatoms. The average molecular weight is 397 g/mol. The van der Waals surface area contributed by atoms with E-state index in [4.69, 9.17) is 0 Å². The van der Waals surface area contributed by atoms with Gasteiger partial charge in [0.1, 0.15) is 0 Å². The van der Waals surface area contributed by atoms with Gasteiger partial charge in [0, 0.05) is 24.4 Å². The number of nitro groups is 2. The fraction of sp³-hybridized carbons (Fsp3) is 0.211. The number of nitrogens with one attached hydrogen (secondary N) is 1. The lowest BCUT2D eigenvalue weighted by Crippen LogP contribution is -2.10. The fourth-order valence-corrected chi connectivity index (χ4v) is 3.13. The van der Waals surface area contributed by atoms with Crippen molar-refractivity contribution in [3.05, 3.63) is 85.2 Å². The first kappa shape index (κ1) is 20.0. The van der Waals surface area contributed by atoms with E-state index in [2.05, 4.69) is 10.4 Å². The van der Waals surface area contributed by atoms with Crippen LogP contribution in [0, 0.1) is 34.1 Å². The van der Waals surface area contributed by atoms with E-state index in [9.17, 15) is 25.3 Å². The lowest BCUT2D eigenvalue weighted by molar-refractivity contribution is -0.392. The molecule has 150 valence electrons. The highest BCUT2D eigenvalue weighted by atomic mass is 16.6. The summed E-state index contributed by atoms with van der Waals surface area (Å²) in [4.78, 5) is 21.8. The maximum absolute atomic E-state index is 11.6. The molecule has 0 bridgehead atoms. The number of aliphatic hydroxyl groups is 1. The predicted molar refractivity (Wildman–Crippen MR) is 106 cm³/mol. The molecule has 0 fully saturated rings. The monoisotopic (exact) mass is 397 g/mol. The highest BCUT2D eigenvalue weighted by Crippen LogP contribution is 2.39. The maximum atomic E-state index is 11.6. The van der Waals surface area contributed by atoms with Gasteiger partial charge in [-0.3, -0.25) is 20.2 Å². The molecule has 0 amide bonds. The standard InChI is InChI=1S/C19H19N5O5/c1-12-7-8-22(21-12)16-6-4-3-5-14(16)10-20-18-17(23(26)27)9-15(11-25)13(2)19(18)24(28)29/h3-9,20,25H,10-11H2,1-2H3. The zero-order valence-electron chi connectivity index (χ0n) is 15.8. The van der Waals surface area contributed by atoms with Crippen LogP contribution in [-0.2, 0) is 13.2 Å². The van der Waals surface area contributed by atoms with Gasteiger partial charge in [-0.25, -0.2) is 4.68 Å². The van der Waals surface area contributed by atoms with Crippen molar-refractivity contribution in [3.63, 3.8) is 0 Å². The van der Waals surface area contributed by atoms with Crippen molar-refractivity contribution in [2.75, 3.05) is 5.32 Å². The number of hydrogen-bond donors (Lipinski definition) is 2. The van der Waals surface area contributed by atoms with E-state index < -0.39 is 27.8 Å². The molecule has 0 saturated carbocycles. The minimum atomic E-state index is -0.698. The molecule has 2 aromatic carbocycles. The Kier molecular flexibility index (Phi) is 5.55. The Morgan fingerprint density at radius 2 is 1.83 bits per heavy atom. The fourth-order valence-electron chi connectivity index (χ4n) is 3.13. The third-order valence-corrected chi connectivity index (χ3v) is 4.61. The number of hydrogen-bond acceptors (Lipinski definition) is 7. The van der Waals surface area contributed by atoms with Crippen LogP contribution in [0.25, 0.3) is 5.69 Å². The van der Waals surface area contributed by atoms with Crippen LogP contribution in [0.4, 0.5) is 17.1 Å². The van der Waals surface area contributed by atoms with E-state index in [1.165, 1.54) is 6.92 Å². The van der Waals surface area contributed by atoms with Gasteiger partial charge in [0.15, 0.2) is 5.69 Å². The number of anilines is 1. The van der Waals surface area contributed by atoms with Crippen LogP contribution in [0.2, 0.25) is 0 Å². The second kappa shape index (κ2) is 8.07. The number of aryl methyl sites for hydroxylation is 1. The lowest BCUT2D eigenvalue weighted by Gasteiger charge is -2.14. The van der Waals surface area contributed by atoms with Crippen molar-refractivity contribution >= 4 is 17.1 Å². The summed E-state index contributed by atoms with van der Waals surface area (Å²) in [6.07, 6.45) is 1.79. The van der Waals surface area contributed by atoms with E-state index in [-0.39, 0.29) is 23.4 Å². The topological polar surface area (TPSA) is 136 Å². The largest absolute Gasteiger partial charge is 0.392 e. The average Bonchev–Trinajstić information content (AvgIpc) is 3.12. The van der Waals surface area contributed by atoms with Crippen LogP contribution in [0.3, 0.4) is 0 Å². The normalized spacial score (nSPS) is 10.7. The van der Waals surface area contributed by atoms with Crippen LogP contribution in [0.5, 0.6) is 0 Å². The number of aliphatic hydroxyl groups excluding tert-OH is 1. The Balaban J connectivity index is 2.05. The Bertz CT molecular complexity index is 1090. The minimum Gasteiger partial charge on any atom is -0.392 e. The second-order valence-electron chi connectivity index (χ2n) is 6.46. The van der Waals surface area contributed by atoms with Crippen molar-refractivity contribution in [3.8, 4) is 5.69 Å².